The van der Waals surface area contributed by atoms with Crippen molar-refractivity contribution in [1.82, 2.24) is 4.90 Å². The predicted molar refractivity (Wildman–Crippen MR) is 210 cm³/mol. The third-order valence-corrected chi connectivity index (χ3v) is 8.49. The Labute approximate surface area is 330 Å². The molecule has 0 heterocycles. The van der Waals surface area contributed by atoms with Crippen molar-refractivity contribution in [2.45, 2.75) is 12.8 Å². The molecule has 1 aliphatic carbocycles. The maximum atomic E-state index is 12.6. The van der Waals surface area contributed by atoms with E-state index in [4.69, 9.17) is 47.4 Å². The molecule has 0 fully saturated rings. The van der Waals surface area contributed by atoms with Gasteiger partial charge in [0.25, 0.3) is 0 Å². The summed E-state index contributed by atoms with van der Waals surface area (Å²) in [6.07, 6.45) is -0.367. The first-order valence-electron chi connectivity index (χ1n) is 19.2. The molecule has 3 aromatic rings. The minimum Gasteiger partial charge on any atom is -0.491 e. The number of nitrogens with zero attached hydrogens (tertiary/aromatic N) is 1. The van der Waals surface area contributed by atoms with Gasteiger partial charge in [0, 0.05) is 32.1 Å². The van der Waals surface area contributed by atoms with Crippen molar-refractivity contribution in [2.75, 3.05) is 138 Å². The number of fused-ring (bicyclic) bond motifs is 3. The van der Waals surface area contributed by atoms with Gasteiger partial charge >= 0.3 is 6.09 Å². The van der Waals surface area contributed by atoms with Crippen molar-refractivity contribution >= 4 is 17.7 Å². The van der Waals surface area contributed by atoms with Crippen LogP contribution < -0.4 is 10.1 Å². The molecular formula is C42H58N2O12. The van der Waals surface area contributed by atoms with Gasteiger partial charge in [-0.25, -0.2) is 4.79 Å². The molecule has 0 saturated heterocycles. The minimum absolute atomic E-state index is 0.0352. The molecule has 3 aromatic carbocycles. The predicted octanol–water partition coefficient (Wildman–Crippen LogP) is 5.04. The topological polar surface area (TPSA) is 142 Å². The van der Waals surface area contributed by atoms with Gasteiger partial charge in [0.05, 0.1) is 106 Å². The number of hydrogen-bond donors (Lipinski definition) is 1. The van der Waals surface area contributed by atoms with Gasteiger partial charge in [0.15, 0.2) is 0 Å². The number of amides is 2. The van der Waals surface area contributed by atoms with E-state index >= 15 is 0 Å². The molecule has 56 heavy (non-hydrogen) atoms. The van der Waals surface area contributed by atoms with Crippen molar-refractivity contribution in [3.8, 4) is 16.9 Å². The number of ether oxygens (including phenoxy) is 10. The van der Waals surface area contributed by atoms with Crippen LogP contribution in [0.2, 0.25) is 0 Å². The number of hydrogen-bond acceptors (Lipinski definition) is 12. The lowest BCUT2D eigenvalue weighted by Crippen LogP contribution is -2.32. The average molecular weight is 783 g/mol. The van der Waals surface area contributed by atoms with E-state index in [-0.39, 0.29) is 17.9 Å². The normalized spacial score (nSPS) is 12.0. The zero-order chi connectivity index (χ0) is 39.5. The highest BCUT2D eigenvalue weighted by molar-refractivity contribution is 5.88. The maximum Gasteiger partial charge on any atom is 0.409 e. The Morgan fingerprint density at radius 2 is 0.929 bits per heavy atom. The molecule has 0 radical (unpaired) electrons. The number of carbonyl (C=O) groups is 2. The Morgan fingerprint density at radius 1 is 0.536 bits per heavy atom. The first-order chi connectivity index (χ1) is 27.5. The molecular weight excluding hydrogens is 724 g/mol. The number of benzene rings is 3. The highest BCUT2D eigenvalue weighted by Crippen LogP contribution is 2.44. The highest BCUT2D eigenvalue weighted by atomic mass is 16.6. The molecule has 308 valence electrons. The second-order valence-corrected chi connectivity index (χ2v) is 12.7. The fourth-order valence-corrected chi connectivity index (χ4v) is 5.69. The summed E-state index contributed by atoms with van der Waals surface area (Å²) in [5, 5.41) is 2.71. The van der Waals surface area contributed by atoms with Crippen LogP contribution in [0, 0.1) is 0 Å². The van der Waals surface area contributed by atoms with Gasteiger partial charge in [-0.1, -0.05) is 48.5 Å². The molecule has 0 spiro atoms. The Hall–Kier alpha value is -4.12. The lowest BCUT2D eigenvalue weighted by atomic mass is 9.98. The summed E-state index contributed by atoms with van der Waals surface area (Å²) in [6, 6.07) is 23.7. The number of carbonyl (C=O) groups excluding carboxylic acids is 2. The van der Waals surface area contributed by atoms with Crippen LogP contribution in [-0.4, -0.2) is 149 Å². The summed E-state index contributed by atoms with van der Waals surface area (Å²) in [4.78, 5) is 25.2. The largest absolute Gasteiger partial charge is 0.491 e. The van der Waals surface area contributed by atoms with Crippen LogP contribution in [0.25, 0.3) is 11.1 Å². The summed E-state index contributed by atoms with van der Waals surface area (Å²) < 4.78 is 55.5. The van der Waals surface area contributed by atoms with Crippen molar-refractivity contribution < 1.29 is 57.0 Å². The number of anilines is 1. The minimum atomic E-state index is -0.367. The fraction of sp³-hybridized carbons (Fsp3) is 0.524. The Bertz CT molecular complexity index is 1480. The van der Waals surface area contributed by atoms with Crippen molar-refractivity contribution in [1.29, 1.82) is 0 Å². The van der Waals surface area contributed by atoms with Gasteiger partial charge in [0.1, 0.15) is 19.0 Å². The molecule has 1 N–H and O–H groups in total. The molecule has 0 aliphatic heterocycles. The standard InChI is InChI=1S/C42H58N2O12/c1-34(45)43-35-11-13-36(14-12-35)55-32-31-54-30-29-53-28-27-52-26-25-51-24-23-50-22-21-49-20-19-48-18-17-47-16-15-44(2)42(46)56-33-41-39-9-5-3-7-37(39)38-8-4-6-10-40(38)41/h3-14,41H,15-33H2,1-2H3,(H,43,45). The molecule has 0 atom stereocenters. The second-order valence-electron chi connectivity index (χ2n) is 12.7. The second kappa shape index (κ2) is 27.5. The number of nitrogens with one attached hydrogen (secondary N) is 1. The van der Waals surface area contributed by atoms with Gasteiger partial charge < -0.3 is 57.6 Å². The third kappa shape index (κ3) is 17.3. The lowest BCUT2D eigenvalue weighted by molar-refractivity contribution is -0.114. The molecule has 0 unspecified atom stereocenters. The fourth-order valence-electron chi connectivity index (χ4n) is 5.69. The summed E-state index contributed by atoms with van der Waals surface area (Å²) >= 11 is 0. The van der Waals surface area contributed by atoms with Gasteiger partial charge in [-0.05, 0) is 46.5 Å². The Balaban J connectivity index is 0.822. The highest BCUT2D eigenvalue weighted by Gasteiger charge is 2.29. The Kier molecular flexibility index (Phi) is 21.9. The van der Waals surface area contributed by atoms with Gasteiger partial charge in [-0.2, -0.15) is 0 Å². The summed E-state index contributed by atoms with van der Waals surface area (Å²) in [5.41, 5.74) is 5.51. The first-order valence-corrected chi connectivity index (χ1v) is 19.2. The molecule has 4 rings (SSSR count). The quantitative estimate of drug-likeness (QED) is 0.0875. The number of rotatable bonds is 31. The van der Waals surface area contributed by atoms with E-state index in [0.29, 0.717) is 131 Å². The summed E-state index contributed by atoms with van der Waals surface area (Å²) in [6.45, 7) is 10.0. The molecule has 2 amide bonds. The average Bonchev–Trinajstić information content (AvgIpc) is 3.53. The van der Waals surface area contributed by atoms with Gasteiger partial charge in [0.2, 0.25) is 5.91 Å². The molecule has 14 nitrogen and oxygen atoms in total. The van der Waals surface area contributed by atoms with Crippen LogP contribution in [0.15, 0.2) is 72.8 Å². The van der Waals surface area contributed by atoms with E-state index in [9.17, 15) is 9.59 Å². The number of likely N-dealkylation sites (N-methyl/N-ethyl adjacent to an activating group) is 1. The maximum absolute atomic E-state index is 12.6. The smallest absolute Gasteiger partial charge is 0.409 e. The van der Waals surface area contributed by atoms with Gasteiger partial charge in [-0.3, -0.25) is 4.79 Å². The van der Waals surface area contributed by atoms with Gasteiger partial charge in [-0.15, -0.1) is 0 Å². The zero-order valence-corrected chi connectivity index (χ0v) is 32.8. The van der Waals surface area contributed by atoms with Crippen LogP contribution in [0.3, 0.4) is 0 Å². The first kappa shape index (κ1) is 44.6. The van der Waals surface area contributed by atoms with Crippen LogP contribution >= 0.6 is 0 Å². The van der Waals surface area contributed by atoms with Crippen molar-refractivity contribution in [3.05, 3.63) is 83.9 Å². The van der Waals surface area contributed by atoms with E-state index in [2.05, 4.69) is 29.6 Å². The van der Waals surface area contributed by atoms with Crippen LogP contribution in [0.5, 0.6) is 5.75 Å². The zero-order valence-electron chi connectivity index (χ0n) is 32.8. The SMILES string of the molecule is CC(=O)Nc1ccc(OCCOCCOCCOCCOCCOCCOCCOCCOCCN(C)C(=O)OCC2c3ccccc3-c3ccccc32)cc1. The van der Waals surface area contributed by atoms with Crippen molar-refractivity contribution in [2.24, 2.45) is 0 Å². The summed E-state index contributed by atoms with van der Waals surface area (Å²) in [7, 11) is 1.71. The van der Waals surface area contributed by atoms with E-state index in [1.807, 2.05) is 24.3 Å². The summed E-state index contributed by atoms with van der Waals surface area (Å²) in [5.74, 6) is 0.636. The van der Waals surface area contributed by atoms with Crippen molar-refractivity contribution in [3.63, 3.8) is 0 Å². The van der Waals surface area contributed by atoms with E-state index in [1.54, 1.807) is 31.3 Å². The Morgan fingerprint density at radius 3 is 1.36 bits per heavy atom. The van der Waals surface area contributed by atoms with Crippen LogP contribution in [0.4, 0.5) is 10.5 Å². The molecule has 0 saturated carbocycles. The van der Waals surface area contributed by atoms with Crippen LogP contribution in [-0.2, 0) is 47.4 Å². The van der Waals surface area contributed by atoms with E-state index in [0.717, 1.165) is 5.69 Å². The van der Waals surface area contributed by atoms with Crippen LogP contribution in [0.1, 0.15) is 24.0 Å². The molecule has 0 aromatic heterocycles. The monoisotopic (exact) mass is 782 g/mol. The lowest BCUT2D eigenvalue weighted by Gasteiger charge is -2.19. The molecule has 0 bridgehead atoms. The molecule has 1 aliphatic rings. The van der Waals surface area contributed by atoms with E-state index in [1.165, 1.54) is 34.1 Å². The molecule has 14 heteroatoms. The van der Waals surface area contributed by atoms with E-state index < -0.39 is 0 Å². The third-order valence-electron chi connectivity index (χ3n) is 8.49.